The van der Waals surface area contributed by atoms with Crippen LogP contribution in [0.5, 0.6) is 0 Å². The van der Waals surface area contributed by atoms with Gasteiger partial charge in [0.2, 0.25) is 0 Å². The molecule has 0 atom stereocenters. The fraction of sp³-hybridized carbons (Fsp3) is 0.150. The summed E-state index contributed by atoms with van der Waals surface area (Å²) >= 11 is 0. The highest BCUT2D eigenvalue weighted by Crippen LogP contribution is 2.26. The third kappa shape index (κ3) is 4.01. The molecule has 3 rings (SSSR count). The van der Waals surface area contributed by atoms with E-state index >= 15 is 0 Å². The van der Waals surface area contributed by atoms with E-state index in [9.17, 15) is 19.8 Å². The van der Waals surface area contributed by atoms with Crippen LogP contribution in [0.15, 0.2) is 49.0 Å². The number of aliphatic carboxylic acids is 2. The van der Waals surface area contributed by atoms with Gasteiger partial charge in [-0.1, -0.05) is 30.9 Å². The number of carbonyl (C=O) groups is 2. The third-order valence-corrected chi connectivity index (χ3v) is 4.15. The van der Waals surface area contributed by atoms with Crippen LogP contribution in [0.25, 0.3) is 28.5 Å². The van der Waals surface area contributed by atoms with Gasteiger partial charge in [0.25, 0.3) is 5.82 Å². The maximum Gasteiger partial charge on any atom is 0.346 e. The zero-order chi connectivity index (χ0) is 18.8. The predicted octanol–water partition coefficient (Wildman–Crippen LogP) is -0.280. The summed E-state index contributed by atoms with van der Waals surface area (Å²) in [7, 11) is 0. The second-order valence-electron chi connectivity index (χ2n) is 6.11. The van der Waals surface area contributed by atoms with Crippen LogP contribution >= 0.6 is 0 Å². The number of imidazole rings is 1. The largest absolute Gasteiger partial charge is 1.00 e. The minimum absolute atomic E-state index is 0. The number of aromatic nitrogens is 2. The number of carboxylic acids is 2. The Morgan fingerprint density at radius 1 is 1.15 bits per heavy atom. The van der Waals surface area contributed by atoms with Crippen LogP contribution in [0.4, 0.5) is 0 Å². The van der Waals surface area contributed by atoms with Gasteiger partial charge in [0.15, 0.2) is 24.1 Å². The molecule has 0 spiro atoms. The average molecular weight is 387 g/mol. The highest BCUT2D eigenvalue weighted by atomic mass is 35.5. The highest BCUT2D eigenvalue weighted by Gasteiger charge is 2.29. The molecule has 1 heterocycles. The molecule has 2 aromatic carbocycles. The summed E-state index contributed by atoms with van der Waals surface area (Å²) in [5.41, 5.74) is 3.96. The van der Waals surface area contributed by atoms with E-state index in [0.29, 0.717) is 16.9 Å². The summed E-state index contributed by atoms with van der Waals surface area (Å²) in [4.78, 5) is 22.9. The number of hydrogen-bond donors (Lipinski definition) is 2. The Morgan fingerprint density at radius 2 is 1.85 bits per heavy atom. The van der Waals surface area contributed by atoms with Crippen molar-refractivity contribution in [2.45, 2.75) is 20.0 Å². The van der Waals surface area contributed by atoms with E-state index in [4.69, 9.17) is 0 Å². The smallest absolute Gasteiger partial charge is 0.346 e. The number of halogens is 1. The van der Waals surface area contributed by atoms with Gasteiger partial charge in [-0.25, -0.2) is 18.7 Å². The van der Waals surface area contributed by atoms with Crippen LogP contribution in [0, 0.1) is 6.92 Å². The lowest BCUT2D eigenvalue weighted by molar-refractivity contribution is -0.649. The number of aryl methyl sites for hydroxylation is 1. The number of carboxylic acid groups (broad SMARTS) is 2. The van der Waals surface area contributed by atoms with E-state index in [-0.39, 0.29) is 25.5 Å². The SMILES string of the molecule is C=Cc1cc(C)cc(-c2n(CC(=O)O)c3ccccc3[n+]2CC(=O)O)c1.[Cl-]. The van der Waals surface area contributed by atoms with Gasteiger partial charge in [0, 0.05) is 0 Å². The predicted molar refractivity (Wildman–Crippen MR) is 97.7 cm³/mol. The van der Waals surface area contributed by atoms with Crippen molar-refractivity contribution in [3.63, 3.8) is 0 Å². The molecular formula is C20H19ClN2O4. The summed E-state index contributed by atoms with van der Waals surface area (Å²) in [5, 5.41) is 18.8. The van der Waals surface area contributed by atoms with E-state index in [1.165, 1.54) is 0 Å². The van der Waals surface area contributed by atoms with Gasteiger partial charge in [-0.2, -0.15) is 0 Å². The molecule has 0 aliphatic carbocycles. The lowest BCUT2D eigenvalue weighted by Crippen LogP contribution is -3.00. The van der Waals surface area contributed by atoms with Gasteiger partial charge >= 0.3 is 11.9 Å². The first-order valence-electron chi connectivity index (χ1n) is 8.10. The zero-order valence-electron chi connectivity index (χ0n) is 14.7. The molecule has 3 aromatic rings. The van der Waals surface area contributed by atoms with Crippen LogP contribution in [0.1, 0.15) is 11.1 Å². The van der Waals surface area contributed by atoms with Gasteiger partial charge in [0.1, 0.15) is 0 Å². The Kier molecular flexibility index (Phi) is 6.02. The molecule has 27 heavy (non-hydrogen) atoms. The number of fused-ring (bicyclic) bond motifs is 1. The molecule has 0 saturated carbocycles. The van der Waals surface area contributed by atoms with Gasteiger partial charge < -0.3 is 22.6 Å². The number of para-hydroxylation sites is 2. The first kappa shape index (κ1) is 20.2. The second kappa shape index (κ2) is 8.05. The summed E-state index contributed by atoms with van der Waals surface area (Å²) in [6, 6.07) is 13.0. The minimum Gasteiger partial charge on any atom is -1.00 e. The molecule has 1 aromatic heterocycles. The van der Waals surface area contributed by atoms with Crippen molar-refractivity contribution in [1.82, 2.24) is 4.57 Å². The number of nitrogens with zero attached hydrogens (tertiary/aromatic N) is 2. The van der Waals surface area contributed by atoms with Crippen molar-refractivity contribution in [3.05, 3.63) is 60.2 Å². The quantitative estimate of drug-likeness (QED) is 0.571. The average Bonchev–Trinajstić information content (AvgIpc) is 2.87. The Balaban J connectivity index is 0.00000261. The van der Waals surface area contributed by atoms with Crippen molar-refractivity contribution >= 4 is 29.0 Å². The van der Waals surface area contributed by atoms with E-state index < -0.39 is 11.9 Å². The van der Waals surface area contributed by atoms with Gasteiger partial charge in [-0.05, 0) is 42.3 Å². The molecule has 0 fully saturated rings. The highest BCUT2D eigenvalue weighted by molar-refractivity contribution is 5.80. The number of benzene rings is 2. The van der Waals surface area contributed by atoms with Crippen LogP contribution in [0.2, 0.25) is 0 Å². The van der Waals surface area contributed by atoms with Crippen molar-refractivity contribution < 1.29 is 36.8 Å². The van der Waals surface area contributed by atoms with Crippen molar-refractivity contribution in [1.29, 1.82) is 0 Å². The molecule has 6 nitrogen and oxygen atoms in total. The summed E-state index contributed by atoms with van der Waals surface area (Å²) < 4.78 is 3.28. The normalized spacial score (nSPS) is 10.4. The first-order chi connectivity index (χ1) is 12.4. The molecule has 7 heteroatoms. The standard InChI is InChI=1S/C20H18N2O4.ClH/c1-3-14-8-13(2)9-15(10-14)20-21(11-18(23)24)16-6-4-5-7-17(16)22(20)12-19(25)26;/h3-10H,1,11-12H2,2H3,(H-,23,24,25,26);1H. The molecular weight excluding hydrogens is 368 g/mol. The van der Waals surface area contributed by atoms with Crippen LogP contribution < -0.4 is 17.0 Å². The fourth-order valence-corrected chi connectivity index (χ4v) is 3.26. The molecule has 0 bridgehead atoms. The van der Waals surface area contributed by atoms with Gasteiger partial charge in [-0.15, -0.1) is 0 Å². The van der Waals surface area contributed by atoms with Gasteiger partial charge in [0.05, 0.1) is 5.56 Å². The summed E-state index contributed by atoms with van der Waals surface area (Å²) in [6.45, 7) is 5.19. The van der Waals surface area contributed by atoms with Gasteiger partial charge in [-0.3, -0.25) is 0 Å². The summed E-state index contributed by atoms with van der Waals surface area (Å²) in [6.07, 6.45) is 1.71. The first-order valence-corrected chi connectivity index (χ1v) is 8.10. The van der Waals surface area contributed by atoms with E-state index in [1.54, 1.807) is 39.5 Å². The van der Waals surface area contributed by atoms with Crippen molar-refractivity contribution in [3.8, 4) is 11.4 Å². The molecule has 0 unspecified atom stereocenters. The molecule has 0 amide bonds. The summed E-state index contributed by atoms with van der Waals surface area (Å²) in [5.74, 6) is -1.44. The minimum atomic E-state index is -0.994. The van der Waals surface area contributed by atoms with Crippen LogP contribution in [0.3, 0.4) is 0 Å². The lowest BCUT2D eigenvalue weighted by Gasteiger charge is -2.06. The third-order valence-electron chi connectivity index (χ3n) is 4.15. The zero-order valence-corrected chi connectivity index (χ0v) is 15.5. The maximum atomic E-state index is 11.5. The second-order valence-corrected chi connectivity index (χ2v) is 6.11. The Labute approximate surface area is 162 Å². The monoisotopic (exact) mass is 386 g/mol. The molecule has 0 aliphatic rings. The molecule has 0 radical (unpaired) electrons. The van der Waals surface area contributed by atoms with Crippen LogP contribution in [-0.2, 0) is 22.7 Å². The molecule has 2 N–H and O–H groups in total. The Morgan fingerprint density at radius 3 is 2.48 bits per heavy atom. The molecule has 0 aliphatic heterocycles. The maximum absolute atomic E-state index is 11.5. The van der Waals surface area contributed by atoms with E-state index in [0.717, 1.165) is 16.7 Å². The van der Waals surface area contributed by atoms with Crippen molar-refractivity contribution in [2.75, 3.05) is 0 Å². The fourth-order valence-electron chi connectivity index (χ4n) is 3.26. The molecule has 0 saturated heterocycles. The lowest BCUT2D eigenvalue weighted by atomic mass is 10.1. The van der Waals surface area contributed by atoms with E-state index in [1.807, 2.05) is 25.1 Å². The molecule has 140 valence electrons. The van der Waals surface area contributed by atoms with Crippen LogP contribution in [-0.4, -0.2) is 26.7 Å². The topological polar surface area (TPSA) is 83.4 Å². The van der Waals surface area contributed by atoms with E-state index in [2.05, 4.69) is 6.58 Å². The Hall–Kier alpha value is -3.12. The number of hydrogen-bond acceptors (Lipinski definition) is 2. The van der Waals surface area contributed by atoms with Crippen molar-refractivity contribution in [2.24, 2.45) is 0 Å². The number of rotatable bonds is 6. The Bertz CT molecular complexity index is 987.